The molecular weight excluding hydrogens is 269 g/mol. The minimum Gasteiger partial charge on any atom is -0.316 e. The van der Waals surface area contributed by atoms with E-state index < -0.39 is 0 Å². The van der Waals surface area contributed by atoms with Crippen molar-refractivity contribution in [3.63, 3.8) is 0 Å². The molecule has 2 aromatic rings. The molecule has 0 radical (unpaired) electrons. The first-order valence-corrected chi connectivity index (χ1v) is 7.70. The Kier molecular flexibility index (Phi) is 5.21. The zero-order chi connectivity index (χ0) is 14.5. The summed E-state index contributed by atoms with van der Waals surface area (Å²) < 4.78 is 14.0. The molecule has 0 fully saturated rings. The fourth-order valence-corrected chi connectivity index (χ4v) is 3.36. The third-order valence-corrected chi connectivity index (χ3v) is 4.30. The van der Waals surface area contributed by atoms with Crippen LogP contribution in [0, 0.1) is 19.7 Å². The standard InChI is InChI=1S/C17H20FNS/c1-12-7-13(2)9-14(8-12)11-20-17-15(10-19-3)5-4-6-16(17)18/h4-9,19H,10-11H2,1-3H3. The number of hydrogen-bond donors (Lipinski definition) is 1. The summed E-state index contributed by atoms with van der Waals surface area (Å²) in [5.74, 6) is 0.660. The Morgan fingerprint density at radius 3 is 2.45 bits per heavy atom. The van der Waals surface area contributed by atoms with Gasteiger partial charge in [-0.3, -0.25) is 0 Å². The second kappa shape index (κ2) is 6.91. The number of benzene rings is 2. The first kappa shape index (κ1) is 15.1. The smallest absolute Gasteiger partial charge is 0.137 e. The summed E-state index contributed by atoms with van der Waals surface area (Å²) in [5.41, 5.74) is 4.77. The van der Waals surface area contributed by atoms with Gasteiger partial charge in [-0.05, 0) is 38.1 Å². The second-order valence-electron chi connectivity index (χ2n) is 5.04. The van der Waals surface area contributed by atoms with E-state index in [1.54, 1.807) is 17.8 Å². The zero-order valence-electron chi connectivity index (χ0n) is 12.2. The van der Waals surface area contributed by atoms with E-state index in [2.05, 4.69) is 37.4 Å². The van der Waals surface area contributed by atoms with Gasteiger partial charge in [0.2, 0.25) is 0 Å². The van der Waals surface area contributed by atoms with Gasteiger partial charge in [0, 0.05) is 17.2 Å². The predicted molar refractivity (Wildman–Crippen MR) is 84.6 cm³/mol. The number of halogens is 1. The van der Waals surface area contributed by atoms with Gasteiger partial charge in [0.1, 0.15) is 5.82 Å². The van der Waals surface area contributed by atoms with E-state index in [9.17, 15) is 4.39 Å². The van der Waals surface area contributed by atoms with Crippen molar-refractivity contribution < 1.29 is 4.39 Å². The lowest BCUT2D eigenvalue weighted by Crippen LogP contribution is -2.07. The van der Waals surface area contributed by atoms with Gasteiger partial charge in [0.05, 0.1) is 0 Å². The summed E-state index contributed by atoms with van der Waals surface area (Å²) in [4.78, 5) is 0.751. The lowest BCUT2D eigenvalue weighted by atomic mass is 10.1. The van der Waals surface area contributed by atoms with Crippen LogP contribution in [0.15, 0.2) is 41.3 Å². The van der Waals surface area contributed by atoms with E-state index in [-0.39, 0.29) is 5.82 Å². The minimum atomic E-state index is -0.132. The highest BCUT2D eigenvalue weighted by Crippen LogP contribution is 2.29. The number of nitrogens with one attached hydrogen (secondary N) is 1. The van der Waals surface area contributed by atoms with Crippen LogP contribution in [0.1, 0.15) is 22.3 Å². The molecule has 0 saturated carbocycles. The summed E-state index contributed by atoms with van der Waals surface area (Å²) in [6, 6.07) is 11.8. The van der Waals surface area contributed by atoms with Gasteiger partial charge in [-0.15, -0.1) is 11.8 Å². The topological polar surface area (TPSA) is 12.0 Å². The average Bonchev–Trinajstić information content (AvgIpc) is 2.37. The molecule has 0 aliphatic carbocycles. The molecule has 1 nitrogen and oxygen atoms in total. The Balaban J connectivity index is 2.18. The molecular formula is C17H20FNS. The Morgan fingerprint density at radius 2 is 1.80 bits per heavy atom. The van der Waals surface area contributed by atoms with Crippen LogP contribution < -0.4 is 5.32 Å². The highest BCUT2D eigenvalue weighted by Gasteiger charge is 2.09. The number of aryl methyl sites for hydroxylation is 2. The molecule has 20 heavy (non-hydrogen) atoms. The molecule has 1 N–H and O–H groups in total. The third kappa shape index (κ3) is 3.84. The molecule has 0 bridgehead atoms. The Labute approximate surface area is 124 Å². The first-order valence-electron chi connectivity index (χ1n) is 6.72. The van der Waals surface area contributed by atoms with Gasteiger partial charge in [0.15, 0.2) is 0 Å². The highest BCUT2D eigenvalue weighted by atomic mass is 32.2. The fraction of sp³-hybridized carbons (Fsp3) is 0.294. The van der Waals surface area contributed by atoms with Crippen LogP contribution in [0.4, 0.5) is 4.39 Å². The number of hydrogen-bond acceptors (Lipinski definition) is 2. The Hall–Kier alpha value is -1.32. The van der Waals surface area contributed by atoms with Crippen LogP contribution >= 0.6 is 11.8 Å². The lowest BCUT2D eigenvalue weighted by Gasteiger charge is -2.11. The predicted octanol–water partition coefficient (Wildman–Crippen LogP) is 4.45. The van der Waals surface area contributed by atoms with Crippen LogP contribution in [0.3, 0.4) is 0 Å². The maximum absolute atomic E-state index is 14.0. The van der Waals surface area contributed by atoms with Crippen molar-refractivity contribution in [1.29, 1.82) is 0 Å². The van der Waals surface area contributed by atoms with Crippen molar-refractivity contribution in [1.82, 2.24) is 5.32 Å². The van der Waals surface area contributed by atoms with E-state index in [4.69, 9.17) is 0 Å². The van der Waals surface area contributed by atoms with Gasteiger partial charge >= 0.3 is 0 Å². The van der Waals surface area contributed by atoms with E-state index >= 15 is 0 Å². The van der Waals surface area contributed by atoms with Crippen LogP contribution in [0.5, 0.6) is 0 Å². The van der Waals surface area contributed by atoms with Crippen LogP contribution in [-0.2, 0) is 12.3 Å². The molecule has 0 amide bonds. The van der Waals surface area contributed by atoms with Crippen LogP contribution in [0.2, 0.25) is 0 Å². The number of rotatable bonds is 5. The first-order chi connectivity index (χ1) is 9.60. The van der Waals surface area contributed by atoms with Crippen molar-refractivity contribution in [3.8, 4) is 0 Å². The van der Waals surface area contributed by atoms with Gasteiger partial charge < -0.3 is 5.32 Å². The summed E-state index contributed by atoms with van der Waals surface area (Å²) in [6.45, 7) is 4.88. The summed E-state index contributed by atoms with van der Waals surface area (Å²) in [6.07, 6.45) is 0. The van der Waals surface area contributed by atoms with Gasteiger partial charge in [-0.2, -0.15) is 0 Å². The highest BCUT2D eigenvalue weighted by molar-refractivity contribution is 7.98. The summed E-state index contributed by atoms with van der Waals surface area (Å²) in [5, 5.41) is 3.09. The molecule has 0 aromatic heterocycles. The molecule has 0 heterocycles. The Morgan fingerprint density at radius 1 is 1.10 bits per heavy atom. The molecule has 0 spiro atoms. The maximum atomic E-state index is 14.0. The van der Waals surface area contributed by atoms with E-state index in [1.807, 2.05) is 13.1 Å². The van der Waals surface area contributed by atoms with Crippen molar-refractivity contribution in [2.75, 3.05) is 7.05 Å². The van der Waals surface area contributed by atoms with Crippen LogP contribution in [-0.4, -0.2) is 7.05 Å². The van der Waals surface area contributed by atoms with E-state index in [1.165, 1.54) is 22.8 Å². The van der Waals surface area contributed by atoms with E-state index in [0.29, 0.717) is 6.54 Å². The van der Waals surface area contributed by atoms with Gasteiger partial charge in [-0.25, -0.2) is 4.39 Å². The molecule has 0 aliphatic rings. The van der Waals surface area contributed by atoms with Crippen LogP contribution in [0.25, 0.3) is 0 Å². The van der Waals surface area contributed by atoms with E-state index in [0.717, 1.165) is 16.2 Å². The maximum Gasteiger partial charge on any atom is 0.137 e. The van der Waals surface area contributed by atoms with Gasteiger partial charge in [-0.1, -0.05) is 41.5 Å². The fourth-order valence-electron chi connectivity index (χ4n) is 2.35. The molecule has 2 rings (SSSR count). The Bertz CT molecular complexity index is 575. The third-order valence-electron chi connectivity index (χ3n) is 3.08. The number of thioether (sulfide) groups is 1. The average molecular weight is 289 g/mol. The zero-order valence-corrected chi connectivity index (χ0v) is 13.0. The summed E-state index contributed by atoms with van der Waals surface area (Å²) in [7, 11) is 1.88. The van der Waals surface area contributed by atoms with Crippen molar-refractivity contribution >= 4 is 11.8 Å². The quantitative estimate of drug-likeness (QED) is 0.816. The molecule has 106 valence electrons. The van der Waals surface area contributed by atoms with Gasteiger partial charge in [0.25, 0.3) is 0 Å². The monoisotopic (exact) mass is 289 g/mol. The largest absolute Gasteiger partial charge is 0.316 e. The molecule has 0 atom stereocenters. The van der Waals surface area contributed by atoms with Crippen molar-refractivity contribution in [2.45, 2.75) is 31.0 Å². The van der Waals surface area contributed by atoms with Crippen molar-refractivity contribution in [2.24, 2.45) is 0 Å². The normalized spacial score (nSPS) is 10.8. The molecule has 0 saturated heterocycles. The molecule has 0 aliphatic heterocycles. The lowest BCUT2D eigenvalue weighted by molar-refractivity contribution is 0.594. The second-order valence-corrected chi connectivity index (χ2v) is 6.03. The minimum absolute atomic E-state index is 0.132. The molecule has 3 heteroatoms. The molecule has 2 aromatic carbocycles. The van der Waals surface area contributed by atoms with Crippen molar-refractivity contribution in [3.05, 3.63) is 64.5 Å². The molecule has 0 unspecified atom stereocenters. The summed E-state index contributed by atoms with van der Waals surface area (Å²) >= 11 is 1.57. The SMILES string of the molecule is CNCc1cccc(F)c1SCc1cc(C)cc(C)c1.